The average molecular weight is 322 g/mol. The van der Waals surface area contributed by atoms with Crippen LogP contribution in [-0.4, -0.2) is 29.7 Å². The summed E-state index contributed by atoms with van der Waals surface area (Å²) in [5, 5.41) is 1.95. The molecular weight excluding hydrogens is 309 g/mol. The summed E-state index contributed by atoms with van der Waals surface area (Å²) in [5.41, 5.74) is 2.35. The van der Waals surface area contributed by atoms with Crippen LogP contribution in [0.4, 0.5) is 13.2 Å². The number of pyridine rings is 1. The molecule has 1 aliphatic heterocycles. The van der Waals surface area contributed by atoms with Gasteiger partial charge in [0.15, 0.2) is 0 Å². The van der Waals surface area contributed by atoms with Gasteiger partial charge in [0, 0.05) is 11.8 Å². The molecule has 2 aromatic rings. The van der Waals surface area contributed by atoms with E-state index in [-0.39, 0.29) is 13.0 Å². The van der Waals surface area contributed by atoms with Crippen molar-refractivity contribution in [3.05, 3.63) is 48.2 Å². The Hall–Kier alpha value is -2.57. The van der Waals surface area contributed by atoms with Crippen LogP contribution >= 0.6 is 0 Å². The number of ether oxygens (including phenoxy) is 1. The highest BCUT2D eigenvalue weighted by Gasteiger charge is 2.40. The van der Waals surface area contributed by atoms with Crippen LogP contribution in [0.1, 0.15) is 5.56 Å². The third-order valence-corrected chi connectivity index (χ3v) is 3.52. The summed E-state index contributed by atoms with van der Waals surface area (Å²) in [5.74, 6) is -1.34. The Bertz CT molecular complexity index is 717. The van der Waals surface area contributed by atoms with Crippen molar-refractivity contribution < 1.29 is 22.7 Å². The maximum absolute atomic E-state index is 12.3. The number of nitrogens with zero attached hydrogens (tertiary/aromatic N) is 1. The number of carbonyl (C=O) groups is 1. The Labute approximate surface area is 130 Å². The highest BCUT2D eigenvalue weighted by molar-refractivity contribution is 5.82. The summed E-state index contributed by atoms with van der Waals surface area (Å²) in [7, 11) is 0. The molecule has 2 heterocycles. The lowest BCUT2D eigenvalue weighted by molar-refractivity contribution is -0.174. The van der Waals surface area contributed by atoms with E-state index in [9.17, 15) is 18.0 Å². The smallest absolute Gasteiger partial charge is 0.471 e. The molecule has 1 aliphatic rings. The van der Waals surface area contributed by atoms with Gasteiger partial charge in [-0.3, -0.25) is 9.78 Å². The van der Waals surface area contributed by atoms with Crippen molar-refractivity contribution in [3.63, 3.8) is 0 Å². The Morgan fingerprint density at radius 2 is 2.09 bits per heavy atom. The van der Waals surface area contributed by atoms with Gasteiger partial charge in [-0.05, 0) is 42.3 Å². The summed E-state index contributed by atoms with van der Waals surface area (Å²) in [4.78, 5) is 15.3. The molecule has 1 unspecified atom stereocenters. The Morgan fingerprint density at radius 1 is 1.26 bits per heavy atom. The minimum Gasteiger partial charge on any atom is -0.491 e. The molecule has 1 atom stereocenters. The minimum atomic E-state index is -4.89. The first-order chi connectivity index (χ1) is 10.9. The van der Waals surface area contributed by atoms with Gasteiger partial charge >= 0.3 is 12.1 Å². The van der Waals surface area contributed by atoms with Gasteiger partial charge < -0.3 is 10.1 Å². The number of halogens is 3. The van der Waals surface area contributed by atoms with Crippen molar-refractivity contribution >= 4 is 5.91 Å². The first-order valence-electron chi connectivity index (χ1n) is 6.98. The molecule has 1 aromatic heterocycles. The molecule has 0 fully saturated rings. The number of hydrogen-bond acceptors (Lipinski definition) is 3. The monoisotopic (exact) mass is 322 g/mol. The van der Waals surface area contributed by atoms with Gasteiger partial charge in [-0.25, -0.2) is 0 Å². The van der Waals surface area contributed by atoms with Crippen LogP contribution in [0.5, 0.6) is 5.75 Å². The molecule has 1 N–H and O–H groups in total. The largest absolute Gasteiger partial charge is 0.491 e. The first-order valence-corrected chi connectivity index (χ1v) is 6.98. The molecule has 1 amide bonds. The third kappa shape index (κ3) is 3.44. The Kier molecular flexibility index (Phi) is 3.94. The molecule has 0 saturated heterocycles. The van der Waals surface area contributed by atoms with Gasteiger partial charge in [-0.2, -0.15) is 13.2 Å². The van der Waals surface area contributed by atoms with E-state index in [1.54, 1.807) is 18.3 Å². The molecule has 120 valence electrons. The second-order valence-electron chi connectivity index (χ2n) is 5.22. The topological polar surface area (TPSA) is 51.2 Å². The van der Waals surface area contributed by atoms with Gasteiger partial charge in [0.05, 0.1) is 11.7 Å². The number of fused-ring (bicyclic) bond motifs is 1. The molecule has 0 bridgehead atoms. The number of nitrogens with one attached hydrogen (secondary N) is 1. The number of aromatic nitrogens is 1. The second-order valence-corrected chi connectivity index (χ2v) is 5.22. The molecule has 0 spiro atoms. The van der Waals surface area contributed by atoms with Crippen molar-refractivity contribution in [2.24, 2.45) is 0 Å². The van der Waals surface area contributed by atoms with E-state index in [1.807, 2.05) is 29.6 Å². The predicted octanol–water partition coefficient (Wildman–Crippen LogP) is 2.73. The van der Waals surface area contributed by atoms with Crippen LogP contribution in [0.2, 0.25) is 0 Å². The Morgan fingerprint density at radius 3 is 2.78 bits per heavy atom. The maximum atomic E-state index is 12.3. The van der Waals surface area contributed by atoms with Crippen molar-refractivity contribution in [3.8, 4) is 17.0 Å². The van der Waals surface area contributed by atoms with Crippen LogP contribution in [0.25, 0.3) is 11.3 Å². The fraction of sp³-hybridized carbons (Fsp3) is 0.250. The number of carbonyl (C=O) groups excluding carboxylic acids is 1. The second kappa shape index (κ2) is 5.91. The summed E-state index contributed by atoms with van der Waals surface area (Å²) >= 11 is 0. The minimum absolute atomic E-state index is 0.0117. The van der Waals surface area contributed by atoms with Crippen LogP contribution in [0, 0.1) is 0 Å². The molecular formula is C16H13F3N2O2. The summed E-state index contributed by atoms with van der Waals surface area (Å²) in [6.45, 7) is 0.0117. The number of amides is 1. The normalized spacial score (nSPS) is 17.1. The molecule has 0 saturated carbocycles. The highest BCUT2D eigenvalue weighted by atomic mass is 19.4. The quantitative estimate of drug-likeness (QED) is 0.925. The van der Waals surface area contributed by atoms with Gasteiger partial charge in [0.2, 0.25) is 0 Å². The van der Waals surface area contributed by atoms with Crippen LogP contribution < -0.4 is 10.1 Å². The van der Waals surface area contributed by atoms with E-state index in [0.29, 0.717) is 5.75 Å². The van der Waals surface area contributed by atoms with E-state index >= 15 is 0 Å². The van der Waals surface area contributed by atoms with Gasteiger partial charge in [0.1, 0.15) is 12.4 Å². The van der Waals surface area contributed by atoms with Crippen molar-refractivity contribution in [2.75, 3.05) is 6.61 Å². The number of rotatable bonds is 2. The average Bonchev–Trinajstić information content (AvgIpc) is 2.54. The number of benzene rings is 1. The zero-order valence-electron chi connectivity index (χ0n) is 11.9. The van der Waals surface area contributed by atoms with Crippen molar-refractivity contribution in [2.45, 2.75) is 18.6 Å². The lowest BCUT2D eigenvalue weighted by atomic mass is 9.99. The summed E-state index contributed by atoms with van der Waals surface area (Å²) < 4.78 is 42.4. The predicted molar refractivity (Wildman–Crippen MR) is 76.9 cm³/mol. The van der Waals surface area contributed by atoms with Crippen molar-refractivity contribution in [1.82, 2.24) is 10.3 Å². The summed E-state index contributed by atoms with van der Waals surface area (Å²) in [6.07, 6.45) is -2.95. The Balaban J connectivity index is 1.78. The fourth-order valence-corrected chi connectivity index (χ4v) is 2.45. The maximum Gasteiger partial charge on any atom is 0.471 e. The van der Waals surface area contributed by atoms with E-state index in [4.69, 9.17) is 4.74 Å². The van der Waals surface area contributed by atoms with E-state index < -0.39 is 18.1 Å². The first kappa shape index (κ1) is 15.3. The SMILES string of the molecule is O=C(NC1COc2ccc(-c3ccccn3)cc2C1)C(F)(F)F. The molecule has 0 aliphatic carbocycles. The van der Waals surface area contributed by atoms with Crippen LogP contribution in [-0.2, 0) is 11.2 Å². The molecule has 1 aromatic carbocycles. The van der Waals surface area contributed by atoms with E-state index in [0.717, 1.165) is 16.8 Å². The lowest BCUT2D eigenvalue weighted by Crippen LogP contribution is -2.47. The number of hydrogen-bond donors (Lipinski definition) is 1. The van der Waals surface area contributed by atoms with E-state index in [2.05, 4.69) is 4.98 Å². The molecule has 4 nitrogen and oxygen atoms in total. The van der Waals surface area contributed by atoms with Gasteiger partial charge in [-0.15, -0.1) is 0 Å². The highest BCUT2D eigenvalue weighted by Crippen LogP contribution is 2.29. The van der Waals surface area contributed by atoms with Crippen LogP contribution in [0.3, 0.4) is 0 Å². The third-order valence-electron chi connectivity index (χ3n) is 3.52. The zero-order valence-corrected chi connectivity index (χ0v) is 11.9. The lowest BCUT2D eigenvalue weighted by Gasteiger charge is -2.26. The fourth-order valence-electron chi connectivity index (χ4n) is 2.45. The zero-order chi connectivity index (χ0) is 16.4. The number of alkyl halides is 3. The van der Waals surface area contributed by atoms with Gasteiger partial charge in [0.25, 0.3) is 0 Å². The van der Waals surface area contributed by atoms with Gasteiger partial charge in [-0.1, -0.05) is 6.07 Å². The molecule has 3 rings (SSSR count). The summed E-state index contributed by atoms with van der Waals surface area (Å²) in [6, 6.07) is 10.2. The molecule has 0 radical (unpaired) electrons. The van der Waals surface area contributed by atoms with E-state index in [1.165, 1.54) is 0 Å². The van der Waals surface area contributed by atoms with Crippen molar-refractivity contribution in [1.29, 1.82) is 0 Å². The molecule has 23 heavy (non-hydrogen) atoms. The standard InChI is InChI=1S/C16H13F3N2O2/c17-16(18,19)15(22)21-12-8-11-7-10(4-5-14(11)23-9-12)13-3-1-2-6-20-13/h1-7,12H,8-9H2,(H,21,22). The molecule has 7 heteroatoms. The van der Waals surface area contributed by atoms with Crippen LogP contribution in [0.15, 0.2) is 42.6 Å².